The first kappa shape index (κ1) is 16.7. The number of amides is 4. The van der Waals surface area contributed by atoms with Gasteiger partial charge in [-0.15, -0.1) is 0 Å². The first-order chi connectivity index (χ1) is 9.86. The van der Waals surface area contributed by atoms with E-state index in [9.17, 15) is 19.2 Å². The lowest BCUT2D eigenvalue weighted by molar-refractivity contribution is -0.141. The van der Waals surface area contributed by atoms with Crippen LogP contribution in [-0.2, 0) is 19.1 Å². The zero-order valence-corrected chi connectivity index (χ0v) is 12.1. The molecule has 4 amide bonds. The highest BCUT2D eigenvalue weighted by atomic mass is 16.5. The van der Waals surface area contributed by atoms with Gasteiger partial charge in [0.1, 0.15) is 12.6 Å². The number of hydrogen-bond donors (Lipinski definition) is 2. The van der Waals surface area contributed by atoms with Crippen molar-refractivity contribution in [2.24, 2.45) is 5.73 Å². The quantitative estimate of drug-likeness (QED) is 0.585. The van der Waals surface area contributed by atoms with Gasteiger partial charge in [0, 0.05) is 13.6 Å². The van der Waals surface area contributed by atoms with Crippen LogP contribution < -0.4 is 11.1 Å². The van der Waals surface area contributed by atoms with Crippen molar-refractivity contribution in [1.29, 1.82) is 0 Å². The number of nitrogens with zero attached hydrogens (tertiary/aromatic N) is 2. The summed E-state index contributed by atoms with van der Waals surface area (Å²) in [6.45, 7) is -0.0292. The molecule has 21 heavy (non-hydrogen) atoms. The van der Waals surface area contributed by atoms with Crippen LogP contribution in [0.25, 0.3) is 0 Å². The van der Waals surface area contributed by atoms with Gasteiger partial charge in [-0.1, -0.05) is 0 Å². The Kier molecular flexibility index (Phi) is 5.94. The zero-order chi connectivity index (χ0) is 16.0. The number of esters is 1. The number of methoxy groups -OCH3 is 1. The summed E-state index contributed by atoms with van der Waals surface area (Å²) >= 11 is 0. The second-order valence-electron chi connectivity index (χ2n) is 4.74. The van der Waals surface area contributed by atoms with E-state index in [1.54, 1.807) is 0 Å². The molecule has 3 N–H and O–H groups in total. The van der Waals surface area contributed by atoms with Crippen LogP contribution in [0.4, 0.5) is 4.79 Å². The fourth-order valence-electron chi connectivity index (χ4n) is 2.08. The first-order valence-electron chi connectivity index (χ1n) is 6.51. The minimum atomic E-state index is -0.609. The second-order valence-corrected chi connectivity index (χ2v) is 4.74. The van der Waals surface area contributed by atoms with E-state index < -0.39 is 23.9 Å². The van der Waals surface area contributed by atoms with Gasteiger partial charge in [-0.05, 0) is 12.8 Å². The molecule has 0 aromatic carbocycles. The topological polar surface area (TPSA) is 122 Å². The Labute approximate surface area is 122 Å². The van der Waals surface area contributed by atoms with Crippen molar-refractivity contribution in [2.75, 3.05) is 33.8 Å². The van der Waals surface area contributed by atoms with Crippen molar-refractivity contribution >= 4 is 23.8 Å². The van der Waals surface area contributed by atoms with E-state index in [2.05, 4.69) is 10.1 Å². The Morgan fingerprint density at radius 2 is 2.05 bits per heavy atom. The molecular weight excluding hydrogens is 280 g/mol. The minimum Gasteiger partial charge on any atom is -0.468 e. The number of nitrogens with one attached hydrogen (secondary N) is 1. The van der Waals surface area contributed by atoms with E-state index in [0.29, 0.717) is 19.4 Å². The highest BCUT2D eigenvalue weighted by molar-refractivity contribution is 5.90. The smallest absolute Gasteiger partial charge is 0.325 e. The summed E-state index contributed by atoms with van der Waals surface area (Å²) in [4.78, 5) is 48.3. The lowest BCUT2D eigenvalue weighted by Gasteiger charge is -2.23. The van der Waals surface area contributed by atoms with Crippen LogP contribution in [0, 0.1) is 0 Å². The third kappa shape index (κ3) is 4.62. The molecule has 9 heteroatoms. The third-order valence-electron chi connectivity index (χ3n) is 3.23. The van der Waals surface area contributed by atoms with Gasteiger partial charge in [-0.3, -0.25) is 14.4 Å². The molecule has 1 aliphatic heterocycles. The average Bonchev–Trinajstić information content (AvgIpc) is 2.93. The van der Waals surface area contributed by atoms with Crippen LogP contribution in [0.5, 0.6) is 0 Å². The van der Waals surface area contributed by atoms with E-state index in [1.807, 2.05) is 0 Å². The molecule has 118 valence electrons. The number of urea groups is 1. The molecular formula is C12H20N4O5. The minimum absolute atomic E-state index is 0.218. The van der Waals surface area contributed by atoms with Crippen molar-refractivity contribution in [2.45, 2.75) is 18.9 Å². The summed E-state index contributed by atoms with van der Waals surface area (Å²) < 4.78 is 4.43. The number of hydrogen-bond acceptors (Lipinski definition) is 5. The van der Waals surface area contributed by atoms with E-state index in [1.165, 1.54) is 19.1 Å². The maximum absolute atomic E-state index is 12.0. The molecule has 1 atom stereocenters. The van der Waals surface area contributed by atoms with Gasteiger partial charge in [-0.2, -0.15) is 0 Å². The molecule has 0 aromatic rings. The van der Waals surface area contributed by atoms with Crippen molar-refractivity contribution in [3.05, 3.63) is 0 Å². The fourth-order valence-corrected chi connectivity index (χ4v) is 2.08. The Balaban J connectivity index is 2.43. The van der Waals surface area contributed by atoms with Gasteiger partial charge in [0.25, 0.3) is 0 Å². The van der Waals surface area contributed by atoms with Crippen LogP contribution in [0.2, 0.25) is 0 Å². The molecule has 1 rings (SSSR count). The second kappa shape index (κ2) is 7.46. The third-order valence-corrected chi connectivity index (χ3v) is 3.23. The molecule has 1 fully saturated rings. The van der Waals surface area contributed by atoms with Crippen LogP contribution >= 0.6 is 0 Å². The van der Waals surface area contributed by atoms with Crippen molar-refractivity contribution in [1.82, 2.24) is 15.1 Å². The van der Waals surface area contributed by atoms with Crippen LogP contribution in [0.1, 0.15) is 12.8 Å². The number of rotatable bonds is 5. The summed E-state index contributed by atoms with van der Waals surface area (Å²) in [5, 5.41) is 2.38. The highest BCUT2D eigenvalue weighted by Crippen LogP contribution is 2.16. The molecule has 0 radical (unpaired) electrons. The monoisotopic (exact) mass is 300 g/mol. The molecule has 0 aromatic heterocycles. The Morgan fingerprint density at radius 1 is 1.38 bits per heavy atom. The Bertz CT molecular complexity index is 439. The summed E-state index contributed by atoms with van der Waals surface area (Å²) in [7, 11) is 2.62. The van der Waals surface area contributed by atoms with Crippen molar-refractivity contribution < 1.29 is 23.9 Å². The Hall–Kier alpha value is -2.32. The zero-order valence-electron chi connectivity index (χ0n) is 12.1. The largest absolute Gasteiger partial charge is 0.468 e. The molecule has 0 spiro atoms. The van der Waals surface area contributed by atoms with E-state index >= 15 is 0 Å². The number of nitrogens with two attached hydrogens (primary N) is 1. The molecule has 0 aliphatic carbocycles. The first-order valence-corrected chi connectivity index (χ1v) is 6.51. The van der Waals surface area contributed by atoms with Gasteiger partial charge in [0.05, 0.1) is 13.7 Å². The highest BCUT2D eigenvalue weighted by Gasteiger charge is 2.32. The lowest BCUT2D eigenvalue weighted by atomic mass is 10.2. The number of ether oxygens (including phenoxy) is 1. The Morgan fingerprint density at radius 3 is 2.62 bits per heavy atom. The van der Waals surface area contributed by atoms with Crippen molar-refractivity contribution in [3.63, 3.8) is 0 Å². The average molecular weight is 300 g/mol. The number of primary amides is 1. The van der Waals surface area contributed by atoms with Crippen molar-refractivity contribution in [3.8, 4) is 0 Å². The molecule has 9 nitrogen and oxygen atoms in total. The standard InChI is InChI=1S/C12H20N4O5/c1-15(7-10(18)21-2)12(20)14-6-9(17)16-5-3-4-8(16)11(13)19/h8H,3-7H2,1-2H3,(H2,13,19)(H,14,20)/t8-/m0/s1. The van der Waals surface area contributed by atoms with Crippen LogP contribution in [0.15, 0.2) is 0 Å². The lowest BCUT2D eigenvalue weighted by Crippen LogP contribution is -2.49. The normalized spacial score (nSPS) is 17.2. The summed E-state index contributed by atoms with van der Waals surface area (Å²) in [5.41, 5.74) is 5.22. The molecule has 1 saturated heterocycles. The predicted octanol–water partition coefficient (Wildman–Crippen LogP) is -1.72. The van der Waals surface area contributed by atoms with Gasteiger partial charge in [0.2, 0.25) is 11.8 Å². The van der Waals surface area contributed by atoms with Gasteiger partial charge in [-0.25, -0.2) is 4.79 Å². The predicted molar refractivity (Wildman–Crippen MR) is 72.0 cm³/mol. The fraction of sp³-hybridized carbons (Fsp3) is 0.667. The maximum atomic E-state index is 12.0. The van der Waals surface area contributed by atoms with Gasteiger partial charge >= 0.3 is 12.0 Å². The molecule has 0 saturated carbocycles. The number of carbonyl (C=O) groups excluding carboxylic acids is 4. The molecule has 1 aliphatic rings. The number of likely N-dealkylation sites (tertiary alicyclic amines) is 1. The summed E-state index contributed by atoms with van der Waals surface area (Å²) in [6.07, 6.45) is 1.24. The molecule has 0 bridgehead atoms. The van der Waals surface area contributed by atoms with Crippen LogP contribution in [-0.4, -0.2) is 73.4 Å². The summed E-state index contributed by atoms with van der Waals surface area (Å²) in [5.74, 6) is -1.49. The number of likely N-dealkylation sites (N-methyl/N-ethyl adjacent to an activating group) is 1. The molecule has 0 unspecified atom stereocenters. The number of carbonyl (C=O) groups is 4. The van der Waals surface area contributed by atoms with Crippen LogP contribution in [0.3, 0.4) is 0 Å². The maximum Gasteiger partial charge on any atom is 0.325 e. The molecule has 1 heterocycles. The van der Waals surface area contributed by atoms with E-state index in [4.69, 9.17) is 5.73 Å². The summed E-state index contributed by atoms with van der Waals surface area (Å²) in [6, 6.07) is -1.19. The van der Waals surface area contributed by atoms with Gasteiger partial charge < -0.3 is 25.6 Å². The van der Waals surface area contributed by atoms with Gasteiger partial charge in [0.15, 0.2) is 0 Å². The van der Waals surface area contributed by atoms with E-state index in [0.717, 1.165) is 4.90 Å². The SMILES string of the molecule is COC(=O)CN(C)C(=O)NCC(=O)N1CCC[C@H]1C(N)=O. The van der Waals surface area contributed by atoms with E-state index in [-0.39, 0.29) is 19.0 Å².